The topological polar surface area (TPSA) is 360 Å². The van der Waals surface area contributed by atoms with Gasteiger partial charge in [0.1, 0.15) is 9.79 Å². The van der Waals surface area contributed by atoms with Crippen LogP contribution < -0.4 is 16.0 Å². The third-order valence-corrected chi connectivity index (χ3v) is 13.1. The standard InChI is InChI=1S/C34H30N8O15S5/c1-20-16-23(10-13-29(20)42-41-24-18-28-27(31(19-24)61(51,52)53)6-3-7-30(28)60(48,49)50)37-34-39-32(38-33(40-34)36-22-4-2-5-26(17-22)59(45,46)47)35-21-8-11-25(12-9-21)58(43,44)15-14-57-62(54,55)56/h2-13,16-19H,14-15H2,1H3,(H,45,46,47)(H,48,49,50)(H,51,52,53)(H,54,55,56)(H3,35,36,37,38,39,40). The summed E-state index contributed by atoms with van der Waals surface area (Å²) in [6.07, 6.45) is 0. The fourth-order valence-corrected chi connectivity index (χ4v) is 8.98. The first kappa shape index (κ1) is 45.4. The van der Waals surface area contributed by atoms with Crippen molar-refractivity contribution in [2.45, 2.75) is 26.5 Å². The number of fused-ring (bicyclic) bond motifs is 1. The average Bonchev–Trinajstić information content (AvgIpc) is 3.15. The van der Waals surface area contributed by atoms with E-state index < -0.39 is 77.6 Å². The molecule has 28 heteroatoms. The van der Waals surface area contributed by atoms with Crippen molar-refractivity contribution in [1.29, 1.82) is 0 Å². The van der Waals surface area contributed by atoms with Gasteiger partial charge in [0, 0.05) is 27.8 Å². The highest BCUT2D eigenvalue weighted by Gasteiger charge is 2.22. The molecular weight excluding hydrogens is 921 g/mol. The number of aryl methyl sites for hydroxylation is 1. The van der Waals surface area contributed by atoms with Crippen molar-refractivity contribution < 1.29 is 64.5 Å². The third kappa shape index (κ3) is 11.6. The van der Waals surface area contributed by atoms with Gasteiger partial charge < -0.3 is 16.0 Å². The molecule has 0 atom stereocenters. The normalized spacial score (nSPS) is 12.7. The second kappa shape index (κ2) is 17.4. The van der Waals surface area contributed by atoms with Crippen molar-refractivity contribution in [2.75, 3.05) is 28.3 Å². The zero-order valence-corrected chi connectivity index (χ0v) is 35.3. The van der Waals surface area contributed by atoms with Crippen LogP contribution in [0.4, 0.5) is 46.3 Å². The molecule has 23 nitrogen and oxygen atoms in total. The molecule has 0 aliphatic carbocycles. The van der Waals surface area contributed by atoms with E-state index in [1.165, 1.54) is 66.7 Å². The highest BCUT2D eigenvalue weighted by molar-refractivity contribution is 7.91. The highest BCUT2D eigenvalue weighted by Crippen LogP contribution is 2.35. The van der Waals surface area contributed by atoms with Gasteiger partial charge in [0.05, 0.1) is 33.5 Å². The minimum Gasteiger partial charge on any atom is -0.324 e. The fourth-order valence-electron chi connectivity index (χ4n) is 5.54. The summed E-state index contributed by atoms with van der Waals surface area (Å²) in [6.45, 7) is 0.812. The molecule has 0 unspecified atom stereocenters. The van der Waals surface area contributed by atoms with Crippen molar-refractivity contribution >= 4 is 108 Å². The predicted octanol–water partition coefficient (Wildman–Crippen LogP) is 5.31. The van der Waals surface area contributed by atoms with Crippen LogP contribution in [0.15, 0.2) is 127 Å². The predicted molar refractivity (Wildman–Crippen MR) is 221 cm³/mol. The summed E-state index contributed by atoms with van der Waals surface area (Å²) in [4.78, 5) is 11.1. The van der Waals surface area contributed by atoms with Crippen LogP contribution in [0.5, 0.6) is 0 Å². The Morgan fingerprint density at radius 3 is 1.68 bits per heavy atom. The van der Waals surface area contributed by atoms with Crippen molar-refractivity contribution in [3.63, 3.8) is 0 Å². The molecule has 0 fully saturated rings. The molecule has 0 aliphatic rings. The molecule has 0 spiro atoms. The van der Waals surface area contributed by atoms with E-state index in [4.69, 9.17) is 4.55 Å². The first-order valence-electron chi connectivity index (χ1n) is 17.0. The lowest BCUT2D eigenvalue weighted by atomic mass is 10.1. The number of aromatic nitrogens is 3. The summed E-state index contributed by atoms with van der Waals surface area (Å²) in [6, 6.07) is 20.4. The van der Waals surface area contributed by atoms with E-state index in [0.717, 1.165) is 24.3 Å². The van der Waals surface area contributed by atoms with Gasteiger partial charge in [-0.3, -0.25) is 18.2 Å². The first-order valence-corrected chi connectivity index (χ1v) is 24.3. The van der Waals surface area contributed by atoms with E-state index >= 15 is 0 Å². The molecular formula is C34H30N8O15S5. The van der Waals surface area contributed by atoms with E-state index in [1.54, 1.807) is 13.0 Å². The Morgan fingerprint density at radius 2 is 1.11 bits per heavy atom. The first-order chi connectivity index (χ1) is 28.8. The second-order valence-electron chi connectivity index (χ2n) is 12.7. The third-order valence-electron chi connectivity index (χ3n) is 8.26. The van der Waals surface area contributed by atoms with Crippen molar-refractivity contribution in [3.8, 4) is 0 Å². The van der Waals surface area contributed by atoms with Crippen LogP contribution in [-0.4, -0.2) is 87.6 Å². The maximum absolute atomic E-state index is 12.6. The number of sulfone groups is 1. The molecule has 7 N–H and O–H groups in total. The van der Waals surface area contributed by atoms with Crippen molar-refractivity contribution in [2.24, 2.45) is 10.2 Å². The van der Waals surface area contributed by atoms with Gasteiger partial charge in [-0.05, 0) is 91.3 Å². The lowest BCUT2D eigenvalue weighted by molar-refractivity contribution is 0.284. The molecule has 0 bridgehead atoms. The number of anilines is 6. The summed E-state index contributed by atoms with van der Waals surface area (Å²) in [5.41, 5.74) is 1.35. The molecule has 62 heavy (non-hydrogen) atoms. The molecule has 0 radical (unpaired) electrons. The number of benzene rings is 5. The van der Waals surface area contributed by atoms with Crippen LogP contribution in [-0.2, 0) is 54.8 Å². The molecule has 0 aliphatic heterocycles. The van der Waals surface area contributed by atoms with E-state index in [1.807, 2.05) is 0 Å². The Balaban J connectivity index is 1.29. The maximum Gasteiger partial charge on any atom is 0.397 e. The Labute approximate surface area is 353 Å². The second-order valence-corrected chi connectivity index (χ2v) is 20.1. The van der Waals surface area contributed by atoms with Gasteiger partial charge in [-0.15, -0.1) is 0 Å². The molecule has 5 aromatic carbocycles. The summed E-state index contributed by atoms with van der Waals surface area (Å²) in [5.74, 6) is -1.12. The van der Waals surface area contributed by atoms with Crippen LogP contribution in [0, 0.1) is 6.92 Å². The Kier molecular flexibility index (Phi) is 12.7. The van der Waals surface area contributed by atoms with E-state index in [2.05, 4.69) is 45.3 Å². The average molecular weight is 951 g/mol. The van der Waals surface area contributed by atoms with Crippen LogP contribution in [0.1, 0.15) is 5.56 Å². The number of hydrogen-bond acceptors (Lipinski definition) is 19. The van der Waals surface area contributed by atoms with E-state index in [0.29, 0.717) is 11.3 Å². The maximum atomic E-state index is 12.6. The minimum atomic E-state index is -4.90. The van der Waals surface area contributed by atoms with Gasteiger partial charge in [0.2, 0.25) is 17.8 Å². The lowest BCUT2D eigenvalue weighted by Gasteiger charge is -2.13. The van der Waals surface area contributed by atoms with Crippen molar-refractivity contribution in [1.82, 2.24) is 15.0 Å². The summed E-state index contributed by atoms with van der Waals surface area (Å²) in [7, 11) is -23.2. The molecule has 6 rings (SSSR count). The molecule has 1 heterocycles. The van der Waals surface area contributed by atoms with Crippen LogP contribution in [0.25, 0.3) is 10.8 Å². The SMILES string of the molecule is Cc1cc(Nc2nc(Nc3ccc(S(=O)(=O)CCOS(=O)(=O)O)cc3)nc(Nc3cccc(S(=O)(=O)O)c3)n2)ccc1N=Nc1cc(S(=O)(=O)O)c2cccc(S(=O)(=O)O)c2c1. The van der Waals surface area contributed by atoms with Gasteiger partial charge in [0.15, 0.2) is 9.84 Å². The smallest absolute Gasteiger partial charge is 0.324 e. The number of nitrogens with zero attached hydrogens (tertiary/aromatic N) is 5. The highest BCUT2D eigenvalue weighted by atomic mass is 32.3. The monoisotopic (exact) mass is 950 g/mol. The zero-order chi connectivity index (χ0) is 45.3. The van der Waals surface area contributed by atoms with Gasteiger partial charge in [-0.1, -0.05) is 18.2 Å². The Hall–Kier alpha value is -6.08. The van der Waals surface area contributed by atoms with Crippen LogP contribution in [0.2, 0.25) is 0 Å². The van der Waals surface area contributed by atoms with Gasteiger partial charge >= 0.3 is 10.4 Å². The minimum absolute atomic E-state index is 0.0914. The number of hydrogen-bond donors (Lipinski definition) is 7. The molecule has 1 aromatic heterocycles. The molecule has 6 aromatic rings. The lowest BCUT2D eigenvalue weighted by Crippen LogP contribution is -2.15. The van der Waals surface area contributed by atoms with E-state index in [9.17, 15) is 55.7 Å². The van der Waals surface area contributed by atoms with E-state index in [-0.39, 0.29) is 56.3 Å². The Bertz CT molecular complexity index is 3340. The Morgan fingerprint density at radius 1 is 0.548 bits per heavy atom. The molecule has 0 saturated carbocycles. The largest absolute Gasteiger partial charge is 0.397 e. The van der Waals surface area contributed by atoms with Crippen LogP contribution >= 0.6 is 0 Å². The molecule has 0 saturated heterocycles. The molecule has 326 valence electrons. The van der Waals surface area contributed by atoms with Gasteiger partial charge in [-0.2, -0.15) is 58.9 Å². The molecule has 0 amide bonds. The van der Waals surface area contributed by atoms with Gasteiger partial charge in [0.25, 0.3) is 30.4 Å². The quantitative estimate of drug-likeness (QED) is 0.0477. The number of azo groups is 1. The fraction of sp³-hybridized carbons (Fsp3) is 0.0882. The van der Waals surface area contributed by atoms with Gasteiger partial charge in [-0.25, -0.2) is 12.6 Å². The zero-order valence-electron chi connectivity index (χ0n) is 31.2. The summed E-state index contributed by atoms with van der Waals surface area (Å²) in [5, 5.41) is 16.4. The summed E-state index contributed by atoms with van der Waals surface area (Å²) >= 11 is 0. The number of rotatable bonds is 16. The van der Waals surface area contributed by atoms with Crippen LogP contribution in [0.3, 0.4) is 0 Å². The van der Waals surface area contributed by atoms with Crippen molar-refractivity contribution in [3.05, 3.63) is 103 Å². The number of nitrogens with one attached hydrogen (secondary N) is 3. The summed E-state index contributed by atoms with van der Waals surface area (Å²) < 4.78 is 161.